The third-order valence-corrected chi connectivity index (χ3v) is 2.19. The smallest absolute Gasteiger partial charge is 0.0718 e. The standard InChI is InChI=1S/C11H13O.BrH.Zn/c1-2-5-10(6-3-1)9-12-11-7-4-8-11;;/h1-6,11H,7-9H2;1H;/q-1;;+2/p-1. The van der Waals surface area contributed by atoms with E-state index in [-0.39, 0.29) is 0 Å². The van der Waals surface area contributed by atoms with Crippen molar-refractivity contribution in [3.63, 3.8) is 0 Å². The molecule has 0 atom stereocenters. The van der Waals surface area contributed by atoms with Crippen LogP contribution in [0.3, 0.4) is 0 Å². The molecular formula is C11H13BrOZn. The summed E-state index contributed by atoms with van der Waals surface area (Å²) < 4.78 is 5.63. The molecule has 1 aliphatic rings. The van der Waals surface area contributed by atoms with E-state index in [9.17, 15) is 0 Å². The predicted molar refractivity (Wildman–Crippen MR) is 57.5 cm³/mol. The van der Waals surface area contributed by atoms with Crippen LogP contribution in [0.15, 0.2) is 30.3 Å². The average molecular weight is 307 g/mol. The van der Waals surface area contributed by atoms with Gasteiger partial charge in [0.1, 0.15) is 0 Å². The van der Waals surface area contributed by atoms with Crippen molar-refractivity contribution in [3.8, 4) is 0 Å². The van der Waals surface area contributed by atoms with Gasteiger partial charge in [-0.05, 0) is 5.56 Å². The Kier molecular flexibility index (Phi) is 6.67. The van der Waals surface area contributed by atoms with E-state index in [4.69, 9.17) is 4.74 Å². The second-order valence-corrected chi connectivity index (χ2v) is 3.18. The average Bonchev–Trinajstić information content (AvgIpc) is 2.20. The maximum atomic E-state index is 5.63. The molecule has 1 nitrogen and oxygen atoms in total. The molecular weight excluding hydrogens is 293 g/mol. The molecule has 0 spiro atoms. The first-order chi connectivity index (χ1) is 6.95. The quantitative estimate of drug-likeness (QED) is 0.614. The van der Waals surface area contributed by atoms with Gasteiger partial charge in [0.15, 0.2) is 0 Å². The third-order valence-electron chi connectivity index (χ3n) is 2.19. The summed E-state index contributed by atoms with van der Waals surface area (Å²) in [6.45, 7) is 0.763. The fourth-order valence-electron chi connectivity index (χ4n) is 1.23. The van der Waals surface area contributed by atoms with Gasteiger partial charge in [0.05, 0.1) is 6.61 Å². The van der Waals surface area contributed by atoms with Crippen LogP contribution in [0.2, 0.25) is 0 Å². The molecule has 0 bridgehead atoms. The molecule has 1 aromatic rings. The molecule has 0 N–H and O–H groups in total. The van der Waals surface area contributed by atoms with Crippen molar-refractivity contribution in [3.05, 3.63) is 42.3 Å². The summed E-state index contributed by atoms with van der Waals surface area (Å²) in [4.78, 5) is 0. The van der Waals surface area contributed by atoms with Crippen LogP contribution in [0.4, 0.5) is 0 Å². The van der Waals surface area contributed by atoms with E-state index in [2.05, 4.69) is 32.2 Å². The van der Waals surface area contributed by atoms with E-state index < -0.39 is 0 Å². The molecule has 1 aromatic carbocycles. The van der Waals surface area contributed by atoms with E-state index in [1.54, 1.807) is 0 Å². The Balaban J connectivity index is 0.000000461. The number of hydrogen-bond acceptors (Lipinski definition) is 1. The van der Waals surface area contributed by atoms with E-state index in [0.29, 0.717) is 6.10 Å². The molecule has 1 saturated carbocycles. The molecule has 2 rings (SSSR count). The van der Waals surface area contributed by atoms with Crippen LogP contribution >= 0.6 is 13.6 Å². The summed E-state index contributed by atoms with van der Waals surface area (Å²) in [6, 6.07) is 10.3. The van der Waals surface area contributed by atoms with Gasteiger partial charge in [-0.1, -0.05) is 30.3 Å². The molecule has 0 aliphatic heterocycles. The number of halogens is 1. The first-order valence-electron chi connectivity index (χ1n) is 4.69. The number of benzene rings is 1. The Morgan fingerprint density at radius 2 is 1.93 bits per heavy atom. The van der Waals surface area contributed by atoms with Gasteiger partial charge in [-0.3, -0.25) is 0 Å². The van der Waals surface area contributed by atoms with Gasteiger partial charge in [-0.25, -0.2) is 0 Å². The first kappa shape index (κ1) is 12.4. The van der Waals surface area contributed by atoms with Gasteiger partial charge >= 0.3 is 30.0 Å². The molecule has 1 aliphatic carbocycles. The van der Waals surface area contributed by atoms with E-state index in [1.807, 2.05) is 18.2 Å². The maximum absolute atomic E-state index is 5.63. The Labute approximate surface area is 102 Å². The van der Waals surface area contributed by atoms with Crippen LogP contribution in [0, 0.1) is 6.42 Å². The van der Waals surface area contributed by atoms with Crippen LogP contribution in [0.5, 0.6) is 0 Å². The Hall–Kier alpha value is 0.283. The topological polar surface area (TPSA) is 9.23 Å². The molecule has 0 aromatic heterocycles. The minimum absolute atomic E-state index is 0.491. The second-order valence-electron chi connectivity index (χ2n) is 3.18. The van der Waals surface area contributed by atoms with Crippen molar-refractivity contribution in [1.29, 1.82) is 0 Å². The molecule has 3 heteroatoms. The van der Waals surface area contributed by atoms with Crippen molar-refractivity contribution < 1.29 is 21.1 Å². The van der Waals surface area contributed by atoms with E-state index in [0.717, 1.165) is 19.4 Å². The first-order valence-corrected chi connectivity index (χ1v) is 11.6. The molecule has 14 heavy (non-hydrogen) atoms. The van der Waals surface area contributed by atoms with Crippen LogP contribution in [-0.2, 0) is 27.7 Å². The van der Waals surface area contributed by atoms with E-state index >= 15 is 0 Å². The third kappa shape index (κ3) is 4.21. The normalized spacial score (nSPS) is 15.4. The van der Waals surface area contributed by atoms with Crippen molar-refractivity contribution in [2.45, 2.75) is 25.6 Å². The summed E-state index contributed by atoms with van der Waals surface area (Å²) in [5, 5.41) is 0. The summed E-state index contributed by atoms with van der Waals surface area (Å²) >= 11 is 4.25. The zero-order chi connectivity index (χ0) is 10.2. The van der Waals surface area contributed by atoms with Gasteiger partial charge < -0.3 is 11.2 Å². The maximum Gasteiger partial charge on any atom is 0.0718 e. The molecule has 0 heterocycles. The monoisotopic (exact) mass is 304 g/mol. The van der Waals surface area contributed by atoms with Crippen LogP contribution in [0.25, 0.3) is 0 Å². The van der Waals surface area contributed by atoms with Crippen molar-refractivity contribution in [2.75, 3.05) is 0 Å². The largest absolute Gasteiger partial charge is 0.379 e. The van der Waals surface area contributed by atoms with Gasteiger partial charge in [-0.15, -0.1) is 0 Å². The van der Waals surface area contributed by atoms with Crippen molar-refractivity contribution >= 4 is 13.6 Å². The Morgan fingerprint density at radius 1 is 1.29 bits per heavy atom. The number of ether oxygens (including phenoxy) is 1. The summed E-state index contributed by atoms with van der Waals surface area (Å²) in [5.41, 5.74) is 1.27. The van der Waals surface area contributed by atoms with Crippen molar-refractivity contribution in [2.24, 2.45) is 0 Å². The summed E-state index contributed by atoms with van der Waals surface area (Å²) in [7, 11) is 0. The molecule has 1 fully saturated rings. The van der Waals surface area contributed by atoms with Gasteiger partial charge in [-0.2, -0.15) is 12.8 Å². The molecule has 0 radical (unpaired) electrons. The predicted octanol–water partition coefficient (Wildman–Crippen LogP) is 3.41. The SMILES string of the molecule is [Zn+][Br].c1ccc(COC2C[CH-]C2)cc1. The Morgan fingerprint density at radius 3 is 2.43 bits per heavy atom. The molecule has 72 valence electrons. The van der Waals surface area contributed by atoms with Crippen LogP contribution in [0.1, 0.15) is 18.4 Å². The van der Waals surface area contributed by atoms with Gasteiger partial charge in [0.25, 0.3) is 0 Å². The molecule has 0 unspecified atom stereocenters. The van der Waals surface area contributed by atoms with Crippen molar-refractivity contribution in [1.82, 2.24) is 0 Å². The second kappa shape index (κ2) is 7.56. The molecule has 0 saturated heterocycles. The fraction of sp³-hybridized carbons (Fsp3) is 0.364. The van der Waals surface area contributed by atoms with Gasteiger partial charge in [0.2, 0.25) is 0 Å². The number of rotatable bonds is 3. The number of hydrogen-bond donors (Lipinski definition) is 0. The molecule has 0 amide bonds. The summed E-state index contributed by atoms with van der Waals surface area (Å²) in [5.74, 6) is 0. The zero-order valence-corrected chi connectivity index (χ0v) is 12.7. The van der Waals surface area contributed by atoms with Gasteiger partial charge in [0, 0.05) is 6.10 Å². The Bertz CT molecular complexity index is 236. The minimum Gasteiger partial charge on any atom is -0.379 e. The van der Waals surface area contributed by atoms with Crippen LogP contribution < -0.4 is 0 Å². The minimum atomic E-state index is 0.491. The fourth-order valence-corrected chi connectivity index (χ4v) is 1.23. The summed E-state index contributed by atoms with van der Waals surface area (Å²) in [6.07, 6.45) is 5.01. The van der Waals surface area contributed by atoms with E-state index in [1.165, 1.54) is 21.9 Å². The zero-order valence-electron chi connectivity index (χ0n) is 8.16. The van der Waals surface area contributed by atoms with Crippen LogP contribution in [-0.4, -0.2) is 6.10 Å².